The van der Waals surface area contributed by atoms with Gasteiger partial charge in [-0.2, -0.15) is 0 Å². The number of furan rings is 1. The lowest BCUT2D eigenvalue weighted by Gasteiger charge is -2.11. The van der Waals surface area contributed by atoms with Crippen molar-refractivity contribution in [1.82, 2.24) is 4.98 Å². The molecule has 30 heavy (non-hydrogen) atoms. The van der Waals surface area contributed by atoms with Crippen LogP contribution >= 0.6 is 23.2 Å². The van der Waals surface area contributed by atoms with E-state index < -0.39 is 0 Å². The number of nitrogens with zero attached hydrogens (tertiary/aromatic N) is 1. The van der Waals surface area contributed by atoms with E-state index in [-0.39, 0.29) is 11.7 Å². The minimum absolute atomic E-state index is 0.00663. The van der Waals surface area contributed by atoms with Gasteiger partial charge < -0.3 is 4.42 Å². The number of carbonyl (C=O) groups is 1. The Morgan fingerprint density at radius 1 is 1.03 bits per heavy atom. The van der Waals surface area contributed by atoms with Gasteiger partial charge in [-0.3, -0.25) is 4.79 Å². The molecule has 0 radical (unpaired) electrons. The number of aryl methyl sites for hydroxylation is 1. The average Bonchev–Trinajstić information content (AvgIpc) is 3.03. The average molecular weight is 438 g/mol. The molecule has 4 rings (SSSR count). The number of ketones is 1. The summed E-state index contributed by atoms with van der Waals surface area (Å²) in [6, 6.07) is 17.2. The van der Waals surface area contributed by atoms with Crippen molar-refractivity contribution in [2.45, 2.75) is 27.2 Å². The normalized spacial score (nSPS) is 11.4. The highest BCUT2D eigenvalue weighted by atomic mass is 35.5. The van der Waals surface area contributed by atoms with Crippen LogP contribution in [0, 0.1) is 12.8 Å². The summed E-state index contributed by atoms with van der Waals surface area (Å²) in [4.78, 5) is 17.5. The monoisotopic (exact) mass is 437 g/mol. The zero-order valence-corrected chi connectivity index (χ0v) is 18.5. The maximum atomic E-state index is 12.7. The van der Waals surface area contributed by atoms with Crippen molar-refractivity contribution in [1.29, 1.82) is 0 Å². The van der Waals surface area contributed by atoms with Gasteiger partial charge in [-0.05, 0) is 42.7 Å². The Labute approximate surface area is 185 Å². The fourth-order valence-electron chi connectivity index (χ4n) is 3.58. The summed E-state index contributed by atoms with van der Waals surface area (Å²) in [5.41, 5.74) is 4.61. The summed E-state index contributed by atoms with van der Waals surface area (Å²) in [6.07, 6.45) is 0.433. The molecule has 5 heteroatoms. The SMILES string of the molecule is Cc1c(C(=O)CC(C)C)oc2nc(-c3ccccc3Cl)c(-c3ccc(Cl)cc3)cc12. The van der Waals surface area contributed by atoms with Gasteiger partial charge >= 0.3 is 0 Å². The fraction of sp³-hybridized carbons (Fsp3) is 0.200. The molecule has 152 valence electrons. The number of carbonyl (C=O) groups excluding carboxylic acids is 1. The second kappa shape index (κ2) is 8.25. The molecule has 0 amide bonds. The largest absolute Gasteiger partial charge is 0.434 e. The van der Waals surface area contributed by atoms with Crippen molar-refractivity contribution in [3.8, 4) is 22.4 Å². The molecule has 4 aromatic rings. The molecule has 0 fully saturated rings. The van der Waals surface area contributed by atoms with Crippen molar-refractivity contribution < 1.29 is 9.21 Å². The van der Waals surface area contributed by atoms with Gasteiger partial charge in [0.2, 0.25) is 5.71 Å². The van der Waals surface area contributed by atoms with Gasteiger partial charge in [0.25, 0.3) is 0 Å². The quantitative estimate of drug-likeness (QED) is 0.297. The third-order valence-corrected chi connectivity index (χ3v) is 5.64. The van der Waals surface area contributed by atoms with Gasteiger partial charge in [0, 0.05) is 38.5 Å². The number of pyridine rings is 1. The van der Waals surface area contributed by atoms with Gasteiger partial charge in [0.05, 0.1) is 5.69 Å². The van der Waals surface area contributed by atoms with E-state index in [4.69, 9.17) is 32.6 Å². The molecule has 2 heterocycles. The van der Waals surface area contributed by atoms with Gasteiger partial charge in [0.15, 0.2) is 11.5 Å². The third-order valence-electron chi connectivity index (χ3n) is 5.06. The second-order valence-corrected chi connectivity index (χ2v) is 8.64. The number of halogens is 2. The van der Waals surface area contributed by atoms with Gasteiger partial charge in [-0.1, -0.05) is 67.4 Å². The Hall–Kier alpha value is -2.62. The molecule has 0 N–H and O–H groups in total. The summed E-state index contributed by atoms with van der Waals surface area (Å²) in [6.45, 7) is 5.94. The van der Waals surface area contributed by atoms with Crippen molar-refractivity contribution in [3.63, 3.8) is 0 Å². The smallest absolute Gasteiger partial charge is 0.227 e. The molecular formula is C25H21Cl2NO2. The Kier molecular flexibility index (Phi) is 5.68. The molecule has 0 aliphatic carbocycles. The lowest BCUT2D eigenvalue weighted by Crippen LogP contribution is -2.03. The van der Waals surface area contributed by atoms with E-state index in [1.165, 1.54) is 0 Å². The number of Topliss-reactive ketones (excluding diaryl/α,β-unsaturated/α-hetero) is 1. The van der Waals surface area contributed by atoms with Gasteiger partial charge in [-0.25, -0.2) is 4.98 Å². The Balaban J connectivity index is 1.98. The maximum absolute atomic E-state index is 12.7. The number of hydrogen-bond donors (Lipinski definition) is 0. The maximum Gasteiger partial charge on any atom is 0.227 e. The van der Waals surface area contributed by atoms with Crippen molar-refractivity contribution >= 4 is 40.1 Å². The Morgan fingerprint density at radius 3 is 2.40 bits per heavy atom. The predicted molar refractivity (Wildman–Crippen MR) is 123 cm³/mol. The molecule has 0 bridgehead atoms. The van der Waals surface area contributed by atoms with Crippen molar-refractivity contribution in [2.24, 2.45) is 5.92 Å². The van der Waals surface area contributed by atoms with Crippen molar-refractivity contribution in [2.75, 3.05) is 0 Å². The van der Waals surface area contributed by atoms with Crippen LogP contribution in [-0.2, 0) is 0 Å². The molecule has 0 unspecified atom stereocenters. The van der Waals surface area contributed by atoms with E-state index in [9.17, 15) is 4.79 Å². The van der Waals surface area contributed by atoms with E-state index in [1.54, 1.807) is 0 Å². The second-order valence-electron chi connectivity index (χ2n) is 7.80. The summed E-state index contributed by atoms with van der Waals surface area (Å²) >= 11 is 12.6. The number of rotatable bonds is 5. The summed E-state index contributed by atoms with van der Waals surface area (Å²) < 4.78 is 5.95. The lowest BCUT2D eigenvalue weighted by atomic mass is 9.97. The molecule has 0 atom stereocenters. The number of hydrogen-bond acceptors (Lipinski definition) is 3. The summed E-state index contributed by atoms with van der Waals surface area (Å²) in [5.74, 6) is 0.624. The van der Waals surface area contributed by atoms with Gasteiger partial charge in [0.1, 0.15) is 0 Å². The van der Waals surface area contributed by atoms with Gasteiger partial charge in [-0.15, -0.1) is 0 Å². The lowest BCUT2D eigenvalue weighted by molar-refractivity contribution is 0.0941. The van der Waals surface area contributed by atoms with E-state index in [1.807, 2.05) is 75.4 Å². The van der Waals surface area contributed by atoms with Crippen LogP contribution in [-0.4, -0.2) is 10.8 Å². The predicted octanol–water partition coefficient (Wildman–Crippen LogP) is 8.01. The summed E-state index contributed by atoms with van der Waals surface area (Å²) in [7, 11) is 0. The minimum Gasteiger partial charge on any atom is -0.434 e. The molecule has 0 saturated heterocycles. The molecule has 0 aliphatic rings. The standard InChI is InChI=1S/C25H21Cl2NO2/c1-14(2)12-22(29)24-15(3)19-13-20(16-8-10-17(26)11-9-16)23(28-25(19)30-24)18-6-4-5-7-21(18)27/h4-11,13-14H,12H2,1-3H3. The number of fused-ring (bicyclic) bond motifs is 1. The van der Waals surface area contributed by atoms with Crippen LogP contribution in [0.15, 0.2) is 59.0 Å². The molecule has 0 saturated carbocycles. The van der Waals surface area contributed by atoms with Crippen LogP contribution in [0.1, 0.15) is 36.4 Å². The molecule has 0 aliphatic heterocycles. The fourth-order valence-corrected chi connectivity index (χ4v) is 3.93. The van der Waals surface area contributed by atoms with Crippen LogP contribution in [0.5, 0.6) is 0 Å². The first-order chi connectivity index (χ1) is 14.3. The molecule has 2 aromatic heterocycles. The Morgan fingerprint density at radius 2 is 1.73 bits per heavy atom. The first-order valence-electron chi connectivity index (χ1n) is 9.83. The first kappa shape index (κ1) is 20.6. The topological polar surface area (TPSA) is 43.1 Å². The van der Waals surface area contributed by atoms with E-state index in [2.05, 4.69) is 0 Å². The molecule has 3 nitrogen and oxygen atoms in total. The molecule has 2 aromatic carbocycles. The van der Waals surface area contributed by atoms with Crippen LogP contribution < -0.4 is 0 Å². The summed E-state index contributed by atoms with van der Waals surface area (Å²) in [5, 5.41) is 2.08. The molecule has 0 spiro atoms. The third kappa shape index (κ3) is 3.88. The van der Waals surface area contributed by atoms with Crippen LogP contribution in [0.3, 0.4) is 0 Å². The highest BCUT2D eigenvalue weighted by Crippen LogP contribution is 2.39. The van der Waals surface area contributed by atoms with E-state index in [0.29, 0.717) is 33.6 Å². The zero-order valence-electron chi connectivity index (χ0n) is 17.0. The van der Waals surface area contributed by atoms with Crippen LogP contribution in [0.4, 0.5) is 0 Å². The molecular weight excluding hydrogens is 417 g/mol. The first-order valence-corrected chi connectivity index (χ1v) is 10.6. The Bertz CT molecular complexity index is 1240. The van der Waals surface area contributed by atoms with Crippen LogP contribution in [0.2, 0.25) is 10.0 Å². The zero-order chi connectivity index (χ0) is 21.4. The number of aromatic nitrogens is 1. The van der Waals surface area contributed by atoms with Crippen molar-refractivity contribution in [3.05, 3.63) is 76.0 Å². The van der Waals surface area contributed by atoms with E-state index in [0.717, 1.165) is 27.6 Å². The number of benzene rings is 2. The highest BCUT2D eigenvalue weighted by Gasteiger charge is 2.22. The van der Waals surface area contributed by atoms with Crippen LogP contribution in [0.25, 0.3) is 33.5 Å². The van der Waals surface area contributed by atoms with E-state index >= 15 is 0 Å². The minimum atomic E-state index is -0.00663. The highest BCUT2D eigenvalue weighted by molar-refractivity contribution is 6.33.